The quantitative estimate of drug-likeness (QED) is 0.533. The molecule has 3 nitrogen and oxygen atoms in total. The molecule has 1 saturated heterocycles. The van der Waals surface area contributed by atoms with Gasteiger partial charge in [-0.1, -0.05) is 6.07 Å². The molecule has 0 unspecified atom stereocenters. The number of ether oxygens (including phenoxy) is 1. The monoisotopic (exact) mass is 196 g/mol. The molecule has 4 heteroatoms. The summed E-state index contributed by atoms with van der Waals surface area (Å²) < 4.78 is 4.87. The van der Waals surface area contributed by atoms with Crippen molar-refractivity contribution in [3.8, 4) is 0 Å². The Labute approximate surface area is 79.3 Å². The molecule has 1 fully saturated rings. The first-order valence-electron chi connectivity index (χ1n) is 4.04. The Bertz CT molecular complexity index is 329. The van der Waals surface area contributed by atoms with Gasteiger partial charge in [0.15, 0.2) is 6.10 Å². The summed E-state index contributed by atoms with van der Waals surface area (Å²) in [7, 11) is 0. The third kappa shape index (κ3) is 1.62. The van der Waals surface area contributed by atoms with E-state index < -0.39 is 6.10 Å². The van der Waals surface area contributed by atoms with Crippen LogP contribution in [0.15, 0.2) is 17.5 Å². The van der Waals surface area contributed by atoms with Crippen LogP contribution in [0.4, 0.5) is 0 Å². The van der Waals surface area contributed by atoms with Crippen molar-refractivity contribution in [2.45, 2.75) is 18.9 Å². The zero-order chi connectivity index (χ0) is 9.26. The van der Waals surface area contributed by atoms with Gasteiger partial charge in [-0.2, -0.15) is 0 Å². The Kier molecular flexibility index (Phi) is 2.14. The van der Waals surface area contributed by atoms with Crippen molar-refractivity contribution < 1.29 is 14.3 Å². The number of cyclic esters (lactones) is 1. The Balaban J connectivity index is 2.10. The molecular formula is C9H8O3S. The minimum Gasteiger partial charge on any atom is -0.454 e. The van der Waals surface area contributed by atoms with Crippen molar-refractivity contribution in [1.29, 1.82) is 0 Å². The maximum Gasteiger partial charge on any atom is 0.306 e. The van der Waals surface area contributed by atoms with E-state index in [1.54, 1.807) is 6.07 Å². The van der Waals surface area contributed by atoms with Gasteiger partial charge in [-0.05, 0) is 11.4 Å². The molecule has 1 aliphatic heterocycles. The van der Waals surface area contributed by atoms with Crippen LogP contribution in [0.5, 0.6) is 0 Å². The molecule has 0 saturated carbocycles. The first kappa shape index (κ1) is 8.44. The van der Waals surface area contributed by atoms with E-state index >= 15 is 0 Å². The second kappa shape index (κ2) is 3.30. The molecule has 13 heavy (non-hydrogen) atoms. The van der Waals surface area contributed by atoms with Crippen LogP contribution in [-0.2, 0) is 9.53 Å². The lowest BCUT2D eigenvalue weighted by atomic mass is 10.1. The fourth-order valence-corrected chi connectivity index (χ4v) is 2.00. The molecular weight excluding hydrogens is 188 g/mol. The number of carbonyl (C=O) groups is 2. The molecule has 2 rings (SSSR count). The number of ketones is 1. The van der Waals surface area contributed by atoms with Crippen LogP contribution in [0.2, 0.25) is 0 Å². The molecule has 0 aromatic carbocycles. The van der Waals surface area contributed by atoms with Gasteiger partial charge >= 0.3 is 5.97 Å². The Hall–Kier alpha value is -1.16. The molecule has 0 aliphatic carbocycles. The molecule has 0 spiro atoms. The lowest BCUT2D eigenvalue weighted by Crippen LogP contribution is -2.19. The number of hydrogen-bond acceptors (Lipinski definition) is 4. The minimum atomic E-state index is -0.536. The van der Waals surface area contributed by atoms with Crippen LogP contribution >= 0.6 is 11.3 Å². The predicted octanol–water partition coefficient (Wildman–Crippen LogP) is 1.64. The summed E-state index contributed by atoms with van der Waals surface area (Å²) in [6.07, 6.45) is 0.350. The summed E-state index contributed by atoms with van der Waals surface area (Å²) in [5.74, 6) is -0.337. The summed E-state index contributed by atoms with van der Waals surface area (Å²) >= 11 is 1.38. The molecule has 0 bridgehead atoms. The van der Waals surface area contributed by atoms with Gasteiger partial charge in [0.05, 0.1) is 4.88 Å². The van der Waals surface area contributed by atoms with Crippen molar-refractivity contribution in [3.63, 3.8) is 0 Å². The molecule has 0 amide bonds. The number of rotatable bonds is 2. The Morgan fingerprint density at radius 3 is 3.00 bits per heavy atom. The summed E-state index contributed by atoms with van der Waals surface area (Å²) in [5.41, 5.74) is 0. The maximum absolute atomic E-state index is 11.6. The molecule has 0 N–H and O–H groups in total. The van der Waals surface area contributed by atoms with Crippen LogP contribution < -0.4 is 0 Å². The van der Waals surface area contributed by atoms with Crippen molar-refractivity contribution >= 4 is 23.1 Å². The summed E-state index contributed by atoms with van der Waals surface area (Å²) in [6.45, 7) is 0. The second-order valence-corrected chi connectivity index (χ2v) is 3.81. The zero-order valence-corrected chi connectivity index (χ0v) is 7.67. The first-order valence-corrected chi connectivity index (χ1v) is 4.92. The van der Waals surface area contributed by atoms with Gasteiger partial charge in [-0.15, -0.1) is 11.3 Å². The smallest absolute Gasteiger partial charge is 0.306 e. The highest BCUT2D eigenvalue weighted by atomic mass is 32.1. The maximum atomic E-state index is 11.6. The lowest BCUT2D eigenvalue weighted by molar-refractivity contribution is -0.140. The third-order valence-corrected chi connectivity index (χ3v) is 2.83. The third-order valence-electron chi connectivity index (χ3n) is 1.94. The van der Waals surface area contributed by atoms with Crippen molar-refractivity contribution in [2.24, 2.45) is 0 Å². The van der Waals surface area contributed by atoms with Crippen LogP contribution in [0, 0.1) is 0 Å². The number of hydrogen-bond donors (Lipinski definition) is 0. The Morgan fingerprint density at radius 2 is 2.46 bits per heavy atom. The average Bonchev–Trinajstić information content (AvgIpc) is 2.72. The first-order chi connectivity index (χ1) is 6.27. The summed E-state index contributed by atoms with van der Waals surface area (Å²) in [6, 6.07) is 3.56. The molecule has 1 aromatic rings. The fourth-order valence-electron chi connectivity index (χ4n) is 1.29. The van der Waals surface area contributed by atoms with E-state index in [-0.39, 0.29) is 11.8 Å². The van der Waals surface area contributed by atoms with Crippen molar-refractivity contribution in [2.75, 3.05) is 0 Å². The molecule has 2 heterocycles. The average molecular weight is 196 g/mol. The minimum absolute atomic E-state index is 0.0687. The van der Waals surface area contributed by atoms with Crippen LogP contribution in [-0.4, -0.2) is 17.9 Å². The normalized spacial score (nSPS) is 21.5. The van der Waals surface area contributed by atoms with Gasteiger partial charge in [0.1, 0.15) is 0 Å². The number of esters is 1. The van der Waals surface area contributed by atoms with E-state index in [9.17, 15) is 9.59 Å². The van der Waals surface area contributed by atoms with Crippen molar-refractivity contribution in [1.82, 2.24) is 0 Å². The van der Waals surface area contributed by atoms with Gasteiger partial charge in [-0.3, -0.25) is 9.59 Å². The van der Waals surface area contributed by atoms with E-state index in [4.69, 9.17) is 4.74 Å². The van der Waals surface area contributed by atoms with Crippen LogP contribution in [0.25, 0.3) is 0 Å². The SMILES string of the molecule is O=C1CC[C@H](C(=O)c2cccs2)O1. The number of thiophene rings is 1. The summed E-state index contributed by atoms with van der Waals surface area (Å²) in [5, 5.41) is 1.84. The number of carbonyl (C=O) groups excluding carboxylic acids is 2. The van der Waals surface area contributed by atoms with Crippen molar-refractivity contribution in [3.05, 3.63) is 22.4 Å². The topological polar surface area (TPSA) is 43.4 Å². The molecule has 1 aromatic heterocycles. The predicted molar refractivity (Wildman–Crippen MR) is 47.8 cm³/mol. The van der Waals surface area contributed by atoms with Gasteiger partial charge in [0.25, 0.3) is 0 Å². The molecule has 1 atom stereocenters. The van der Waals surface area contributed by atoms with Crippen LogP contribution in [0.1, 0.15) is 22.5 Å². The van der Waals surface area contributed by atoms with Gasteiger partial charge in [0.2, 0.25) is 5.78 Å². The van der Waals surface area contributed by atoms with E-state index in [0.29, 0.717) is 17.7 Å². The van der Waals surface area contributed by atoms with E-state index in [2.05, 4.69) is 0 Å². The Morgan fingerprint density at radius 1 is 1.62 bits per heavy atom. The highest BCUT2D eigenvalue weighted by Crippen LogP contribution is 2.20. The highest BCUT2D eigenvalue weighted by molar-refractivity contribution is 7.12. The van der Waals surface area contributed by atoms with E-state index in [1.165, 1.54) is 11.3 Å². The second-order valence-electron chi connectivity index (χ2n) is 2.86. The van der Waals surface area contributed by atoms with Gasteiger partial charge in [0, 0.05) is 12.8 Å². The zero-order valence-electron chi connectivity index (χ0n) is 6.86. The molecule has 0 radical (unpaired) electrons. The van der Waals surface area contributed by atoms with Gasteiger partial charge < -0.3 is 4.74 Å². The highest BCUT2D eigenvalue weighted by Gasteiger charge is 2.30. The van der Waals surface area contributed by atoms with Crippen LogP contribution in [0.3, 0.4) is 0 Å². The van der Waals surface area contributed by atoms with E-state index in [0.717, 1.165) is 0 Å². The number of Topliss-reactive ketones (excluding diaryl/α,β-unsaturated/α-hetero) is 1. The van der Waals surface area contributed by atoms with E-state index in [1.807, 2.05) is 11.4 Å². The standard InChI is InChI=1S/C9H8O3S/c10-8-4-3-6(12-8)9(11)7-2-1-5-13-7/h1-2,5-6H,3-4H2/t6-/m1/s1. The fraction of sp³-hybridized carbons (Fsp3) is 0.333. The summed E-state index contributed by atoms with van der Waals surface area (Å²) in [4.78, 5) is 23.0. The lowest BCUT2D eigenvalue weighted by Gasteiger charge is -2.04. The molecule has 1 aliphatic rings. The largest absolute Gasteiger partial charge is 0.454 e. The molecule has 68 valence electrons. The van der Waals surface area contributed by atoms with Gasteiger partial charge in [-0.25, -0.2) is 0 Å².